The lowest BCUT2D eigenvalue weighted by Gasteiger charge is -2.39. The van der Waals surface area contributed by atoms with Crippen molar-refractivity contribution in [2.24, 2.45) is 0 Å². The number of likely N-dealkylation sites (tertiary alicyclic amines) is 1. The van der Waals surface area contributed by atoms with E-state index in [4.69, 9.17) is 4.43 Å². The molecule has 1 aliphatic heterocycles. The highest BCUT2D eigenvalue weighted by Gasteiger charge is 2.40. The molecule has 0 unspecified atom stereocenters. The monoisotopic (exact) mass is 283 g/mol. The maximum atomic E-state index is 9.65. The van der Waals surface area contributed by atoms with Crippen LogP contribution >= 0.6 is 0 Å². The van der Waals surface area contributed by atoms with Crippen LogP contribution in [0.25, 0.3) is 0 Å². The molecule has 4 heteroatoms. The fourth-order valence-electron chi connectivity index (χ4n) is 2.05. The number of hydrogen-bond acceptors (Lipinski definition) is 3. The van der Waals surface area contributed by atoms with Crippen molar-refractivity contribution < 1.29 is 9.53 Å². The molecule has 110 valence electrons. The predicted molar refractivity (Wildman–Crippen MR) is 83.6 cm³/mol. The molecule has 0 aromatic rings. The summed E-state index contributed by atoms with van der Waals surface area (Å²) in [6, 6.07) is 0.00581. The van der Waals surface area contributed by atoms with Crippen LogP contribution in [-0.2, 0) is 4.43 Å². The number of rotatable bonds is 5. The minimum absolute atomic E-state index is 0.00581. The van der Waals surface area contributed by atoms with Crippen molar-refractivity contribution >= 4 is 8.32 Å². The largest absolute Gasteiger partial charge is 0.545 e. The molecule has 2 atom stereocenters. The van der Waals surface area contributed by atoms with Crippen LogP contribution in [0.5, 0.6) is 0 Å². The molecule has 19 heavy (non-hydrogen) atoms. The zero-order valence-electron chi connectivity index (χ0n) is 13.1. The highest BCUT2D eigenvalue weighted by atomic mass is 28.4. The number of aliphatic hydroxyl groups is 1. The molecule has 0 amide bonds. The molecule has 0 spiro atoms. The molecule has 0 aromatic heterocycles. The van der Waals surface area contributed by atoms with Crippen LogP contribution in [0.3, 0.4) is 0 Å². The lowest BCUT2D eigenvalue weighted by molar-refractivity contribution is 0.164. The molecule has 1 saturated heterocycles. The maximum absolute atomic E-state index is 9.65. The third kappa shape index (κ3) is 3.94. The minimum Gasteiger partial charge on any atom is -0.545 e. The van der Waals surface area contributed by atoms with Crippen LogP contribution in [-0.4, -0.2) is 43.6 Å². The summed E-state index contributed by atoms with van der Waals surface area (Å²) in [7, 11) is -1.85. The first-order valence-electron chi connectivity index (χ1n) is 7.01. The predicted octanol–water partition coefficient (Wildman–Crippen LogP) is 3.14. The third-order valence-electron chi connectivity index (χ3n) is 4.33. The molecule has 1 aliphatic rings. The van der Waals surface area contributed by atoms with Crippen molar-refractivity contribution in [2.45, 2.75) is 57.5 Å². The highest BCUT2D eigenvalue weighted by molar-refractivity contribution is 6.74. The van der Waals surface area contributed by atoms with Gasteiger partial charge < -0.3 is 9.53 Å². The van der Waals surface area contributed by atoms with E-state index in [-0.39, 0.29) is 17.2 Å². The third-order valence-corrected chi connectivity index (χ3v) is 8.72. The van der Waals surface area contributed by atoms with Gasteiger partial charge in [0.15, 0.2) is 0 Å². The van der Waals surface area contributed by atoms with Gasteiger partial charge in [0.25, 0.3) is 0 Å². The molecule has 3 nitrogen and oxygen atoms in total. The topological polar surface area (TPSA) is 32.7 Å². The Bertz CT molecular complexity index is 347. The van der Waals surface area contributed by atoms with Crippen molar-refractivity contribution in [2.75, 3.05) is 13.1 Å². The maximum Gasteiger partial charge on any atom is 0.250 e. The average molecular weight is 283 g/mol. The molecule has 0 aliphatic carbocycles. The fourth-order valence-corrected chi connectivity index (χ4v) is 3.13. The van der Waals surface area contributed by atoms with Gasteiger partial charge >= 0.3 is 0 Å². The van der Waals surface area contributed by atoms with E-state index in [9.17, 15) is 5.11 Å². The van der Waals surface area contributed by atoms with Gasteiger partial charge in [0.1, 0.15) is 0 Å². The quantitative estimate of drug-likeness (QED) is 0.478. The summed E-state index contributed by atoms with van der Waals surface area (Å²) in [5.41, 5.74) is 0. The van der Waals surface area contributed by atoms with Gasteiger partial charge in [-0.05, 0) is 24.6 Å². The van der Waals surface area contributed by atoms with Gasteiger partial charge in [-0.2, -0.15) is 0 Å². The van der Waals surface area contributed by atoms with Gasteiger partial charge in [0, 0.05) is 13.1 Å². The smallest absolute Gasteiger partial charge is 0.250 e. The van der Waals surface area contributed by atoms with Gasteiger partial charge in [-0.15, -0.1) is 6.58 Å². The summed E-state index contributed by atoms with van der Waals surface area (Å²) in [4.78, 5) is 2.19. The molecule has 1 heterocycles. The SMILES string of the molecule is C=C[C@@H](C(=C)O[Si](C)(C)C(C)(C)C)N1CC[C@@H](O)C1. The second-order valence-electron chi connectivity index (χ2n) is 6.95. The van der Waals surface area contributed by atoms with E-state index in [2.05, 4.69) is 51.9 Å². The Labute approximate surface area is 119 Å². The Morgan fingerprint density at radius 3 is 2.42 bits per heavy atom. The normalized spacial score (nSPS) is 23.2. The number of β-amino-alcohol motifs (C(OH)–C–C–N with tert-alkyl or cyclic N) is 1. The van der Waals surface area contributed by atoms with Crippen molar-refractivity contribution in [1.29, 1.82) is 0 Å². The molecule has 1 N–H and O–H groups in total. The Morgan fingerprint density at radius 2 is 2.05 bits per heavy atom. The van der Waals surface area contributed by atoms with Gasteiger partial charge in [0.2, 0.25) is 8.32 Å². The molecular formula is C15H29NO2Si. The molecular weight excluding hydrogens is 254 g/mol. The van der Waals surface area contributed by atoms with E-state index in [1.165, 1.54) is 0 Å². The molecule has 0 saturated carbocycles. The minimum atomic E-state index is -1.85. The second kappa shape index (κ2) is 5.81. The Balaban J connectivity index is 2.73. The molecule has 0 radical (unpaired) electrons. The highest BCUT2D eigenvalue weighted by Crippen LogP contribution is 2.38. The van der Waals surface area contributed by atoms with Crippen LogP contribution in [0.2, 0.25) is 18.1 Å². The van der Waals surface area contributed by atoms with Crippen molar-refractivity contribution in [3.05, 3.63) is 25.0 Å². The summed E-state index contributed by atoms with van der Waals surface area (Å²) in [6.45, 7) is 20.6. The van der Waals surface area contributed by atoms with Crippen LogP contribution in [0.4, 0.5) is 0 Å². The number of hydrogen-bond donors (Lipinski definition) is 1. The summed E-state index contributed by atoms with van der Waals surface area (Å²) < 4.78 is 6.25. The van der Waals surface area contributed by atoms with Crippen molar-refractivity contribution in [1.82, 2.24) is 4.90 Å². The number of nitrogens with zero attached hydrogens (tertiary/aromatic N) is 1. The van der Waals surface area contributed by atoms with E-state index >= 15 is 0 Å². The van der Waals surface area contributed by atoms with Crippen molar-refractivity contribution in [3.63, 3.8) is 0 Å². The van der Waals surface area contributed by atoms with Gasteiger partial charge in [-0.25, -0.2) is 0 Å². The summed E-state index contributed by atoms with van der Waals surface area (Å²) in [6.07, 6.45) is 2.45. The van der Waals surface area contributed by atoms with E-state index in [1.807, 2.05) is 6.08 Å². The molecule has 1 fully saturated rings. The first-order valence-corrected chi connectivity index (χ1v) is 9.92. The van der Waals surface area contributed by atoms with E-state index in [1.54, 1.807) is 0 Å². The van der Waals surface area contributed by atoms with Gasteiger partial charge in [-0.1, -0.05) is 33.4 Å². The standard InChI is InChI=1S/C15H29NO2Si/c1-8-14(16-10-9-13(17)11-16)12(2)18-19(6,7)15(3,4)5/h8,13-14,17H,1-2,9-11H2,3-7H3/t13-,14+/m1/s1. The first kappa shape index (κ1) is 16.5. The van der Waals surface area contributed by atoms with Gasteiger partial charge in [0.05, 0.1) is 17.9 Å². The van der Waals surface area contributed by atoms with E-state index in [0.29, 0.717) is 6.54 Å². The zero-order valence-corrected chi connectivity index (χ0v) is 14.1. The van der Waals surface area contributed by atoms with E-state index < -0.39 is 8.32 Å². The molecule has 0 aromatic carbocycles. The lowest BCUT2D eigenvalue weighted by atomic mass is 10.2. The number of aliphatic hydroxyl groups excluding tert-OH is 1. The van der Waals surface area contributed by atoms with Crippen molar-refractivity contribution in [3.8, 4) is 0 Å². The lowest BCUT2D eigenvalue weighted by Crippen LogP contribution is -2.44. The van der Waals surface area contributed by atoms with Crippen LogP contribution in [0.15, 0.2) is 25.0 Å². The Hall–Kier alpha value is -0.583. The van der Waals surface area contributed by atoms with Crippen LogP contribution in [0.1, 0.15) is 27.2 Å². The van der Waals surface area contributed by atoms with E-state index in [0.717, 1.165) is 18.7 Å². The van der Waals surface area contributed by atoms with Crippen LogP contribution in [0, 0.1) is 0 Å². The second-order valence-corrected chi connectivity index (χ2v) is 11.7. The van der Waals surface area contributed by atoms with Crippen LogP contribution < -0.4 is 0 Å². The Kier molecular flexibility index (Phi) is 5.04. The Morgan fingerprint density at radius 1 is 1.47 bits per heavy atom. The summed E-state index contributed by atoms with van der Waals surface area (Å²) in [5, 5.41) is 9.81. The fraction of sp³-hybridized carbons (Fsp3) is 0.733. The first-order chi connectivity index (χ1) is 8.58. The van der Waals surface area contributed by atoms with Gasteiger partial charge in [-0.3, -0.25) is 4.90 Å². The zero-order chi connectivity index (χ0) is 14.8. The summed E-state index contributed by atoms with van der Waals surface area (Å²) in [5.74, 6) is 0.774. The summed E-state index contributed by atoms with van der Waals surface area (Å²) >= 11 is 0. The molecule has 1 rings (SSSR count). The molecule has 0 bridgehead atoms. The average Bonchev–Trinajstić information content (AvgIpc) is 2.63.